The van der Waals surface area contributed by atoms with Crippen LogP contribution in [0.5, 0.6) is 0 Å². The van der Waals surface area contributed by atoms with Gasteiger partial charge in [0.05, 0.1) is 10.0 Å². The maximum Gasteiger partial charge on any atom is 0.246 e. The molecule has 1 saturated heterocycles. The van der Waals surface area contributed by atoms with Crippen LogP contribution in [0.25, 0.3) is 6.08 Å². The molecule has 0 radical (unpaired) electrons. The zero-order valence-electron chi connectivity index (χ0n) is 15.9. The Kier molecular flexibility index (Phi) is 7.05. The molecule has 2 unspecified atom stereocenters. The van der Waals surface area contributed by atoms with Crippen LogP contribution in [0.1, 0.15) is 25.0 Å². The molecule has 0 aromatic heterocycles. The molecule has 1 fully saturated rings. The Hall–Kier alpha value is -1.52. The largest absolute Gasteiger partial charge is 0.334 e. The highest BCUT2D eigenvalue weighted by molar-refractivity contribution is 6.42. The van der Waals surface area contributed by atoms with Crippen molar-refractivity contribution in [2.75, 3.05) is 13.1 Å². The van der Waals surface area contributed by atoms with Gasteiger partial charge in [-0.2, -0.15) is 0 Å². The molecule has 1 heterocycles. The Bertz CT molecular complexity index is 867. The molecule has 0 spiro atoms. The molecule has 1 aliphatic heterocycles. The topological polar surface area (TPSA) is 23.6 Å². The molecule has 0 bridgehead atoms. The van der Waals surface area contributed by atoms with Crippen LogP contribution in [0.15, 0.2) is 48.5 Å². The summed E-state index contributed by atoms with van der Waals surface area (Å²) in [5.74, 6) is 0.0107. The number of halogens is 3. The Labute approximate surface area is 181 Å². The first-order valence-corrected chi connectivity index (χ1v) is 10.4. The van der Waals surface area contributed by atoms with E-state index in [-0.39, 0.29) is 18.0 Å². The lowest BCUT2D eigenvalue weighted by molar-refractivity contribution is -0.131. The molecule has 1 aliphatic rings. The third-order valence-electron chi connectivity index (χ3n) is 5.06. The Morgan fingerprint density at radius 3 is 2.39 bits per heavy atom. The smallest absolute Gasteiger partial charge is 0.246 e. The minimum Gasteiger partial charge on any atom is -0.334 e. The van der Waals surface area contributed by atoms with Crippen LogP contribution in [0.2, 0.25) is 15.1 Å². The van der Waals surface area contributed by atoms with E-state index >= 15 is 0 Å². The first kappa shape index (κ1) is 21.2. The average Bonchev–Trinajstić information content (AvgIpc) is 2.67. The highest BCUT2D eigenvalue weighted by atomic mass is 35.5. The Balaban J connectivity index is 1.62. The predicted octanol–water partition coefficient (Wildman–Crippen LogP) is 5.78. The summed E-state index contributed by atoms with van der Waals surface area (Å²) in [7, 11) is 0. The lowest BCUT2D eigenvalue weighted by Crippen LogP contribution is -2.57. The van der Waals surface area contributed by atoms with E-state index in [1.807, 2.05) is 23.1 Å². The summed E-state index contributed by atoms with van der Waals surface area (Å²) in [6.07, 6.45) is 3.39. The molecule has 3 rings (SSSR count). The minimum absolute atomic E-state index is 0.0107. The van der Waals surface area contributed by atoms with Gasteiger partial charge in [0, 0.05) is 42.8 Å². The quantitative estimate of drug-likeness (QED) is 0.566. The molecule has 6 heteroatoms. The van der Waals surface area contributed by atoms with Crippen LogP contribution in [0.3, 0.4) is 0 Å². The van der Waals surface area contributed by atoms with Crippen molar-refractivity contribution in [3.63, 3.8) is 0 Å². The summed E-state index contributed by atoms with van der Waals surface area (Å²) in [4.78, 5) is 17.1. The third kappa shape index (κ3) is 5.30. The lowest BCUT2D eigenvalue weighted by Gasteiger charge is -2.44. The number of amides is 1. The zero-order chi connectivity index (χ0) is 20.3. The normalized spacial score (nSPS) is 20.7. The van der Waals surface area contributed by atoms with E-state index in [4.69, 9.17) is 34.8 Å². The fraction of sp³-hybridized carbons (Fsp3) is 0.318. The molecule has 2 aromatic carbocycles. The van der Waals surface area contributed by atoms with Crippen molar-refractivity contribution in [3.8, 4) is 0 Å². The molecular weight excluding hydrogens is 415 g/mol. The van der Waals surface area contributed by atoms with Crippen LogP contribution in [-0.2, 0) is 11.3 Å². The molecule has 0 aliphatic carbocycles. The summed E-state index contributed by atoms with van der Waals surface area (Å²) >= 11 is 17.9. The maximum absolute atomic E-state index is 12.7. The van der Waals surface area contributed by atoms with Crippen LogP contribution in [0.4, 0.5) is 0 Å². The number of carbonyl (C=O) groups excluding carboxylic acids is 1. The third-order valence-corrected chi connectivity index (χ3v) is 6.05. The summed E-state index contributed by atoms with van der Waals surface area (Å²) in [5.41, 5.74) is 2.08. The van der Waals surface area contributed by atoms with E-state index in [0.29, 0.717) is 16.6 Å². The summed E-state index contributed by atoms with van der Waals surface area (Å²) < 4.78 is 0. The number of hydrogen-bond acceptors (Lipinski definition) is 2. The van der Waals surface area contributed by atoms with Crippen molar-refractivity contribution in [1.29, 1.82) is 0 Å². The van der Waals surface area contributed by atoms with Gasteiger partial charge in [0.15, 0.2) is 0 Å². The van der Waals surface area contributed by atoms with E-state index in [0.717, 1.165) is 23.7 Å². The summed E-state index contributed by atoms with van der Waals surface area (Å²) in [6.45, 7) is 6.62. The lowest BCUT2D eigenvalue weighted by atomic mass is 10.1. The maximum atomic E-state index is 12.7. The second kappa shape index (κ2) is 9.32. The van der Waals surface area contributed by atoms with E-state index in [1.54, 1.807) is 24.3 Å². The minimum atomic E-state index is 0.0107. The first-order chi connectivity index (χ1) is 13.3. The van der Waals surface area contributed by atoms with E-state index in [1.165, 1.54) is 5.56 Å². The van der Waals surface area contributed by atoms with E-state index in [2.05, 4.69) is 30.9 Å². The Morgan fingerprint density at radius 2 is 1.71 bits per heavy atom. The average molecular weight is 438 g/mol. The summed E-state index contributed by atoms with van der Waals surface area (Å²) in [6, 6.07) is 13.7. The van der Waals surface area contributed by atoms with Gasteiger partial charge >= 0.3 is 0 Å². The first-order valence-electron chi connectivity index (χ1n) is 9.25. The molecular formula is C22H23Cl3N2O. The van der Waals surface area contributed by atoms with Crippen LogP contribution in [0, 0.1) is 0 Å². The molecule has 148 valence electrons. The highest BCUT2D eigenvalue weighted by Crippen LogP contribution is 2.24. The predicted molar refractivity (Wildman–Crippen MR) is 118 cm³/mol. The highest BCUT2D eigenvalue weighted by Gasteiger charge is 2.30. The van der Waals surface area contributed by atoms with Crippen LogP contribution >= 0.6 is 34.8 Å². The van der Waals surface area contributed by atoms with E-state index in [9.17, 15) is 4.79 Å². The molecule has 28 heavy (non-hydrogen) atoms. The molecule has 0 N–H and O–H groups in total. The number of benzene rings is 2. The fourth-order valence-electron chi connectivity index (χ4n) is 3.43. The van der Waals surface area contributed by atoms with Gasteiger partial charge in [0.25, 0.3) is 0 Å². The van der Waals surface area contributed by atoms with Crippen molar-refractivity contribution in [2.45, 2.75) is 32.5 Å². The van der Waals surface area contributed by atoms with Crippen molar-refractivity contribution in [1.82, 2.24) is 9.80 Å². The van der Waals surface area contributed by atoms with Crippen molar-refractivity contribution < 1.29 is 4.79 Å². The SMILES string of the molecule is CC1CN(C(=O)C=Cc2ccc(Cl)c(Cl)c2)C(C)CN1Cc1ccc(Cl)cc1. The zero-order valence-corrected chi connectivity index (χ0v) is 18.2. The molecule has 3 nitrogen and oxygen atoms in total. The van der Waals surface area contributed by atoms with Gasteiger partial charge in [-0.25, -0.2) is 0 Å². The second-order valence-corrected chi connectivity index (χ2v) is 8.50. The molecule has 2 atom stereocenters. The van der Waals surface area contributed by atoms with E-state index < -0.39 is 0 Å². The van der Waals surface area contributed by atoms with Gasteiger partial charge in [0.2, 0.25) is 5.91 Å². The fourth-order valence-corrected chi connectivity index (χ4v) is 3.86. The van der Waals surface area contributed by atoms with Gasteiger partial charge in [0.1, 0.15) is 0 Å². The number of hydrogen-bond donors (Lipinski definition) is 0. The number of nitrogens with zero attached hydrogens (tertiary/aromatic N) is 2. The van der Waals surface area contributed by atoms with Crippen LogP contribution < -0.4 is 0 Å². The molecule has 0 saturated carbocycles. The number of carbonyl (C=O) groups is 1. The second-order valence-electron chi connectivity index (χ2n) is 7.25. The monoisotopic (exact) mass is 436 g/mol. The standard InChI is InChI=1S/C22H23Cl3N2O/c1-15-13-27(22(28)10-6-17-5-9-20(24)21(25)11-17)16(2)12-26(15)14-18-3-7-19(23)8-4-18/h3-11,15-16H,12-14H2,1-2H3. The van der Waals surface area contributed by atoms with Gasteiger partial charge in [-0.05, 0) is 55.3 Å². The molecule has 1 amide bonds. The van der Waals surface area contributed by atoms with Crippen molar-refractivity contribution >= 4 is 46.8 Å². The van der Waals surface area contributed by atoms with Crippen LogP contribution in [-0.4, -0.2) is 40.9 Å². The van der Waals surface area contributed by atoms with Gasteiger partial charge in [-0.1, -0.05) is 53.0 Å². The van der Waals surface area contributed by atoms with Gasteiger partial charge in [-0.15, -0.1) is 0 Å². The van der Waals surface area contributed by atoms with Gasteiger partial charge < -0.3 is 4.90 Å². The van der Waals surface area contributed by atoms with Crippen molar-refractivity contribution in [2.24, 2.45) is 0 Å². The molecule has 2 aromatic rings. The number of rotatable bonds is 4. The summed E-state index contributed by atoms with van der Waals surface area (Å²) in [5, 5.41) is 1.73. The van der Waals surface area contributed by atoms with Crippen molar-refractivity contribution in [3.05, 3.63) is 74.7 Å². The Morgan fingerprint density at radius 1 is 1.00 bits per heavy atom. The van der Waals surface area contributed by atoms with Gasteiger partial charge in [-0.3, -0.25) is 9.69 Å². The number of piperazine rings is 1.